The largest absolute Gasteiger partial charge is 0.330 e. The fourth-order valence-electron chi connectivity index (χ4n) is 1.73. The van der Waals surface area contributed by atoms with Crippen LogP contribution in [-0.2, 0) is 0 Å². The molecule has 0 unspecified atom stereocenters. The maximum atomic E-state index is 12.5. The summed E-state index contributed by atoms with van der Waals surface area (Å²) in [4.78, 5) is 24.3. The third-order valence-electron chi connectivity index (χ3n) is 2.76. The van der Waals surface area contributed by atoms with Gasteiger partial charge in [-0.1, -0.05) is 17.7 Å². The van der Waals surface area contributed by atoms with E-state index >= 15 is 0 Å². The number of amides is 1. The number of nitro benzene ring substituents is 1. The molecule has 0 heterocycles. The number of carbonyl (C=O) groups excluding carboxylic acids is 1. The predicted octanol–water partition coefficient (Wildman–Crippen LogP) is 3.67. The van der Waals surface area contributed by atoms with Gasteiger partial charge in [0.25, 0.3) is 11.6 Å². The summed E-state index contributed by atoms with van der Waals surface area (Å²) in [7, 11) is 0. The molecule has 5 nitrogen and oxygen atoms in total. The standard InChI is InChI=1S/C14H17ClN2O3/c1-5-8-16(14(2,3)4)13(18)10-6-7-11(15)12(9-10)17(19)20/h5-7,9H,1,8H2,2-4H3. The smallest absolute Gasteiger partial charge is 0.288 e. The maximum absolute atomic E-state index is 12.5. The molecule has 0 radical (unpaired) electrons. The summed E-state index contributed by atoms with van der Waals surface area (Å²) in [5.74, 6) is -0.294. The highest BCUT2D eigenvalue weighted by Gasteiger charge is 2.27. The molecule has 0 aliphatic rings. The molecule has 0 atom stereocenters. The van der Waals surface area contributed by atoms with E-state index in [0.29, 0.717) is 6.54 Å². The van der Waals surface area contributed by atoms with E-state index in [1.165, 1.54) is 18.2 Å². The van der Waals surface area contributed by atoms with Crippen LogP contribution < -0.4 is 0 Å². The fraction of sp³-hybridized carbons (Fsp3) is 0.357. The van der Waals surface area contributed by atoms with Crippen LogP contribution in [0.4, 0.5) is 5.69 Å². The Labute approximate surface area is 123 Å². The highest BCUT2D eigenvalue weighted by molar-refractivity contribution is 6.32. The number of nitro groups is 1. The SMILES string of the molecule is C=CCN(C(=O)c1ccc(Cl)c([N+](=O)[O-])c1)C(C)(C)C. The van der Waals surface area contributed by atoms with Gasteiger partial charge in [0, 0.05) is 23.7 Å². The number of benzene rings is 1. The first-order valence-electron chi connectivity index (χ1n) is 6.05. The van der Waals surface area contributed by atoms with E-state index in [1.807, 2.05) is 20.8 Å². The molecule has 0 saturated heterocycles. The molecular weight excluding hydrogens is 280 g/mol. The molecule has 20 heavy (non-hydrogen) atoms. The Morgan fingerprint density at radius 1 is 1.50 bits per heavy atom. The molecule has 0 bridgehead atoms. The predicted molar refractivity (Wildman–Crippen MR) is 79.1 cm³/mol. The van der Waals surface area contributed by atoms with Gasteiger partial charge in [-0.2, -0.15) is 0 Å². The summed E-state index contributed by atoms with van der Waals surface area (Å²) < 4.78 is 0. The van der Waals surface area contributed by atoms with Gasteiger partial charge in [0.1, 0.15) is 5.02 Å². The van der Waals surface area contributed by atoms with Crippen molar-refractivity contribution in [3.05, 3.63) is 51.6 Å². The first kappa shape index (κ1) is 16.2. The average molecular weight is 297 g/mol. The highest BCUT2D eigenvalue weighted by atomic mass is 35.5. The number of hydrogen-bond donors (Lipinski definition) is 0. The van der Waals surface area contributed by atoms with Crippen LogP contribution in [0.15, 0.2) is 30.9 Å². The molecule has 0 N–H and O–H groups in total. The summed E-state index contributed by atoms with van der Waals surface area (Å²) in [5, 5.41) is 10.9. The van der Waals surface area contributed by atoms with E-state index in [0.717, 1.165) is 0 Å². The Morgan fingerprint density at radius 2 is 2.10 bits per heavy atom. The lowest BCUT2D eigenvalue weighted by molar-refractivity contribution is -0.384. The molecule has 1 amide bonds. The molecule has 0 fully saturated rings. The molecular formula is C14H17ClN2O3. The molecule has 0 spiro atoms. The van der Waals surface area contributed by atoms with Crippen molar-refractivity contribution in [1.29, 1.82) is 0 Å². The lowest BCUT2D eigenvalue weighted by Crippen LogP contribution is -2.45. The second-order valence-electron chi connectivity index (χ2n) is 5.30. The average Bonchev–Trinajstić information content (AvgIpc) is 2.34. The Kier molecular flexibility index (Phi) is 4.89. The number of carbonyl (C=O) groups is 1. The van der Waals surface area contributed by atoms with Gasteiger partial charge >= 0.3 is 0 Å². The minimum atomic E-state index is -0.603. The van der Waals surface area contributed by atoms with Gasteiger partial charge in [-0.3, -0.25) is 14.9 Å². The van der Waals surface area contributed by atoms with Gasteiger partial charge in [0.15, 0.2) is 0 Å². The molecule has 1 aromatic rings. The highest BCUT2D eigenvalue weighted by Crippen LogP contribution is 2.27. The van der Waals surface area contributed by atoms with Gasteiger partial charge in [-0.05, 0) is 32.9 Å². The summed E-state index contributed by atoms with van der Waals surface area (Å²) >= 11 is 5.74. The van der Waals surface area contributed by atoms with Gasteiger partial charge in [0.2, 0.25) is 0 Å². The third kappa shape index (κ3) is 3.57. The zero-order chi connectivity index (χ0) is 15.5. The van der Waals surface area contributed by atoms with Crippen molar-refractivity contribution in [3.63, 3.8) is 0 Å². The Bertz CT molecular complexity index is 550. The van der Waals surface area contributed by atoms with E-state index in [4.69, 9.17) is 11.6 Å². The zero-order valence-corrected chi connectivity index (χ0v) is 12.5. The van der Waals surface area contributed by atoms with Crippen LogP contribution in [0.25, 0.3) is 0 Å². The van der Waals surface area contributed by atoms with Gasteiger partial charge in [-0.25, -0.2) is 0 Å². The lowest BCUT2D eigenvalue weighted by atomic mass is 10.0. The number of nitrogens with zero attached hydrogens (tertiary/aromatic N) is 2. The normalized spacial score (nSPS) is 11.0. The number of rotatable bonds is 4. The molecule has 1 rings (SSSR count). The van der Waals surface area contributed by atoms with Crippen molar-refractivity contribution < 1.29 is 9.72 Å². The quantitative estimate of drug-likeness (QED) is 0.484. The van der Waals surface area contributed by atoms with E-state index in [9.17, 15) is 14.9 Å². The van der Waals surface area contributed by atoms with E-state index in [-0.39, 0.29) is 22.2 Å². The maximum Gasteiger partial charge on any atom is 0.288 e. The molecule has 1 aromatic carbocycles. The Balaban J connectivity index is 3.22. The lowest BCUT2D eigenvalue weighted by Gasteiger charge is -2.35. The van der Waals surface area contributed by atoms with Crippen LogP contribution in [0.1, 0.15) is 31.1 Å². The van der Waals surface area contributed by atoms with Gasteiger partial charge in [0.05, 0.1) is 4.92 Å². The molecule has 108 valence electrons. The first-order valence-corrected chi connectivity index (χ1v) is 6.43. The minimum absolute atomic E-state index is 0.0116. The number of halogens is 1. The second-order valence-corrected chi connectivity index (χ2v) is 5.71. The van der Waals surface area contributed by atoms with Crippen LogP contribution in [-0.4, -0.2) is 27.8 Å². The third-order valence-corrected chi connectivity index (χ3v) is 3.08. The van der Waals surface area contributed by atoms with Crippen LogP contribution >= 0.6 is 11.6 Å². The second kappa shape index (κ2) is 6.05. The summed E-state index contributed by atoms with van der Waals surface area (Å²) in [6, 6.07) is 4.05. The van der Waals surface area contributed by atoms with E-state index in [2.05, 4.69) is 6.58 Å². The van der Waals surface area contributed by atoms with Crippen LogP contribution in [0.5, 0.6) is 0 Å². The summed E-state index contributed by atoms with van der Waals surface area (Å²) in [6.07, 6.45) is 1.62. The molecule has 0 aliphatic heterocycles. The van der Waals surface area contributed by atoms with Crippen molar-refractivity contribution in [1.82, 2.24) is 4.90 Å². The number of hydrogen-bond acceptors (Lipinski definition) is 3. The van der Waals surface area contributed by atoms with Crippen LogP contribution in [0, 0.1) is 10.1 Å². The van der Waals surface area contributed by atoms with E-state index in [1.54, 1.807) is 11.0 Å². The van der Waals surface area contributed by atoms with Crippen molar-refractivity contribution in [2.45, 2.75) is 26.3 Å². The molecule has 6 heteroatoms. The zero-order valence-electron chi connectivity index (χ0n) is 11.7. The topological polar surface area (TPSA) is 63.5 Å². The molecule has 0 aliphatic carbocycles. The Hall–Kier alpha value is -1.88. The van der Waals surface area contributed by atoms with Gasteiger partial charge in [-0.15, -0.1) is 6.58 Å². The Morgan fingerprint density at radius 3 is 2.55 bits per heavy atom. The van der Waals surface area contributed by atoms with Gasteiger partial charge < -0.3 is 4.90 Å². The molecule has 0 saturated carbocycles. The minimum Gasteiger partial charge on any atom is -0.330 e. The summed E-state index contributed by atoms with van der Waals surface area (Å²) in [5.41, 5.74) is -0.456. The first-order chi connectivity index (χ1) is 9.18. The van der Waals surface area contributed by atoms with Crippen molar-refractivity contribution in [2.75, 3.05) is 6.54 Å². The van der Waals surface area contributed by atoms with Crippen LogP contribution in [0.3, 0.4) is 0 Å². The van der Waals surface area contributed by atoms with Crippen molar-refractivity contribution in [2.24, 2.45) is 0 Å². The van der Waals surface area contributed by atoms with Crippen molar-refractivity contribution >= 4 is 23.2 Å². The fourth-order valence-corrected chi connectivity index (χ4v) is 1.92. The van der Waals surface area contributed by atoms with Crippen molar-refractivity contribution in [3.8, 4) is 0 Å². The van der Waals surface area contributed by atoms with E-state index < -0.39 is 10.5 Å². The molecule has 0 aromatic heterocycles. The monoisotopic (exact) mass is 296 g/mol. The summed E-state index contributed by atoms with van der Waals surface area (Å²) in [6.45, 7) is 9.65. The van der Waals surface area contributed by atoms with Crippen LogP contribution in [0.2, 0.25) is 5.02 Å².